The molecule has 0 aliphatic carbocycles. The van der Waals surface area contributed by atoms with Gasteiger partial charge in [0.2, 0.25) is 0 Å². The SMILES string of the molecule is I[I-]I.[Pt]. The molecule has 0 heterocycles. The van der Waals surface area contributed by atoms with Crippen molar-refractivity contribution >= 4 is 37.2 Å². The molecule has 0 nitrogen and oxygen atoms in total. The first kappa shape index (κ1) is 9.99. The first-order chi connectivity index (χ1) is 1.41. The third kappa shape index (κ3) is 8.86. The topological polar surface area (TPSA) is 0 Å². The van der Waals surface area contributed by atoms with Gasteiger partial charge in [0.05, 0.1) is 0 Å². The van der Waals surface area contributed by atoms with Gasteiger partial charge in [-0.25, -0.2) is 0 Å². The minimum Gasteiger partial charge on any atom is 0 e. The Hall–Kier alpha value is 2.88. The fraction of sp³-hybridized carbons (Fsp3) is 0. The van der Waals surface area contributed by atoms with Crippen molar-refractivity contribution in [2.45, 2.75) is 0 Å². The first-order valence-corrected chi connectivity index (χ1v) is 12.9. The summed E-state index contributed by atoms with van der Waals surface area (Å²) in [7, 11) is 0. The van der Waals surface area contributed by atoms with Gasteiger partial charge < -0.3 is 0 Å². The molecular formula is I3Pt-. The van der Waals surface area contributed by atoms with Crippen molar-refractivity contribution < 1.29 is 34.3 Å². The minimum atomic E-state index is 0. The van der Waals surface area contributed by atoms with Crippen LogP contribution in [-0.2, 0) is 21.1 Å². The van der Waals surface area contributed by atoms with Crippen LogP contribution in [0.4, 0.5) is 0 Å². The van der Waals surface area contributed by atoms with Crippen LogP contribution in [-0.4, -0.2) is 0 Å². The summed E-state index contributed by atoms with van der Waals surface area (Å²) in [5.41, 5.74) is 0. The molecule has 0 aliphatic heterocycles. The van der Waals surface area contributed by atoms with Crippen molar-refractivity contribution in [1.82, 2.24) is 0 Å². The molecule has 32 valence electrons. The van der Waals surface area contributed by atoms with E-state index in [1.165, 1.54) is 0 Å². The normalized spacial score (nSPS) is 5.50. The van der Waals surface area contributed by atoms with E-state index in [0.29, 0.717) is 13.3 Å². The largest absolute Gasteiger partial charge is 0 e. The van der Waals surface area contributed by atoms with Crippen LogP contribution in [0, 0.1) is 0 Å². The van der Waals surface area contributed by atoms with Crippen molar-refractivity contribution in [3.05, 3.63) is 0 Å². The van der Waals surface area contributed by atoms with Gasteiger partial charge in [0.15, 0.2) is 0 Å². The summed E-state index contributed by atoms with van der Waals surface area (Å²) in [6.07, 6.45) is 0. The number of rotatable bonds is 0. The van der Waals surface area contributed by atoms with Crippen LogP contribution in [0.25, 0.3) is 0 Å². The van der Waals surface area contributed by atoms with Crippen molar-refractivity contribution in [1.29, 1.82) is 0 Å². The molecule has 0 rings (SSSR count). The van der Waals surface area contributed by atoms with Gasteiger partial charge in [0.1, 0.15) is 0 Å². The van der Waals surface area contributed by atoms with E-state index in [0.717, 1.165) is 0 Å². The van der Waals surface area contributed by atoms with E-state index in [-0.39, 0.29) is 21.1 Å². The van der Waals surface area contributed by atoms with Crippen LogP contribution in [0.3, 0.4) is 0 Å². The molecule has 0 saturated heterocycles. The summed E-state index contributed by atoms with van der Waals surface area (Å²) in [5.74, 6) is 0. The maximum Gasteiger partial charge on any atom is 0 e. The predicted octanol–water partition coefficient (Wildman–Crippen LogP) is -1.23. The predicted molar refractivity (Wildman–Crippen MR) is 28.0 cm³/mol. The Morgan fingerprint density at radius 1 is 1.25 bits per heavy atom. The average molecular weight is 576 g/mol. The van der Waals surface area contributed by atoms with E-state index in [1.54, 1.807) is 0 Å². The van der Waals surface area contributed by atoms with Gasteiger partial charge in [0, 0.05) is 21.1 Å². The van der Waals surface area contributed by atoms with Gasteiger partial charge in [-0.3, -0.25) is 0 Å². The molecule has 0 unspecified atom stereocenters. The van der Waals surface area contributed by atoms with Gasteiger partial charge in [0.25, 0.3) is 0 Å². The van der Waals surface area contributed by atoms with E-state index in [1.807, 2.05) is 0 Å². The molecular weight excluding hydrogens is 576 g/mol. The van der Waals surface area contributed by atoms with Crippen molar-refractivity contribution in [3.63, 3.8) is 0 Å². The van der Waals surface area contributed by atoms with Crippen molar-refractivity contribution in [3.8, 4) is 0 Å². The van der Waals surface area contributed by atoms with Crippen LogP contribution in [0.15, 0.2) is 0 Å². The quantitative estimate of drug-likeness (QED) is 0.318. The van der Waals surface area contributed by atoms with Crippen molar-refractivity contribution in [2.24, 2.45) is 0 Å². The number of hydrogen-bond acceptors (Lipinski definition) is 0. The van der Waals surface area contributed by atoms with Gasteiger partial charge in [-0.2, -0.15) is 0 Å². The maximum atomic E-state index is 2.39. The molecule has 0 spiro atoms. The second kappa shape index (κ2) is 9.30. The van der Waals surface area contributed by atoms with Gasteiger partial charge in [-0.05, 0) is 0 Å². The Morgan fingerprint density at radius 3 is 1.25 bits per heavy atom. The molecule has 0 aromatic rings. The van der Waals surface area contributed by atoms with Crippen LogP contribution in [0.2, 0.25) is 0 Å². The second-order valence-electron chi connectivity index (χ2n) is 0.0540. The summed E-state index contributed by atoms with van der Waals surface area (Å²) in [6.45, 7) is 0. The Morgan fingerprint density at radius 2 is 1.25 bits per heavy atom. The molecule has 0 N–H and O–H groups in total. The second-order valence-corrected chi connectivity index (χ2v) is 16.3. The van der Waals surface area contributed by atoms with E-state index < -0.39 is 0 Å². The molecule has 4 heavy (non-hydrogen) atoms. The van der Waals surface area contributed by atoms with Crippen LogP contribution >= 0.6 is 37.2 Å². The molecule has 0 saturated carbocycles. The van der Waals surface area contributed by atoms with E-state index >= 15 is 0 Å². The summed E-state index contributed by atoms with van der Waals surface area (Å²) < 4.78 is 0. The van der Waals surface area contributed by atoms with E-state index in [2.05, 4.69) is 37.2 Å². The fourth-order valence-electron chi connectivity index (χ4n) is 0. The van der Waals surface area contributed by atoms with Crippen LogP contribution in [0.5, 0.6) is 0 Å². The molecule has 4 heteroatoms. The van der Waals surface area contributed by atoms with Gasteiger partial charge in [-0.15, -0.1) is 0 Å². The Balaban J connectivity index is 0. The zero-order chi connectivity index (χ0) is 2.71. The molecule has 0 radical (unpaired) electrons. The van der Waals surface area contributed by atoms with Gasteiger partial charge in [-0.1, -0.05) is 0 Å². The molecule has 0 atom stereocenters. The van der Waals surface area contributed by atoms with Crippen LogP contribution in [0.1, 0.15) is 0 Å². The Labute approximate surface area is 69.7 Å². The smallest absolute Gasteiger partial charge is 0 e. The Kier molecular flexibility index (Phi) is 23.2. The average Bonchev–Trinajstić information content (AvgIpc) is 0.918. The fourth-order valence-corrected chi connectivity index (χ4v) is 0. The van der Waals surface area contributed by atoms with Crippen molar-refractivity contribution in [2.75, 3.05) is 0 Å². The minimum absolute atomic E-state index is 0. The third-order valence-electron chi connectivity index (χ3n) is 0. The molecule has 0 fully saturated rings. The molecule has 0 bridgehead atoms. The molecule has 0 aromatic heterocycles. The van der Waals surface area contributed by atoms with E-state index in [9.17, 15) is 0 Å². The standard InChI is InChI=1S/I3.Pt/c1-3-2;/q-1;. The van der Waals surface area contributed by atoms with Gasteiger partial charge >= 0.3 is 50.5 Å². The number of hydrogen-bond donors (Lipinski definition) is 0. The molecule has 0 amide bonds. The molecule has 0 aromatic carbocycles. The summed E-state index contributed by atoms with van der Waals surface area (Å²) in [6, 6.07) is 0. The summed E-state index contributed by atoms with van der Waals surface area (Å²) in [5, 5.41) is 0. The maximum absolute atomic E-state index is 2.39. The molecule has 0 aliphatic rings. The zero-order valence-electron chi connectivity index (χ0n) is 1.45. The Bertz CT molecular complexity index is 3.25. The summed E-state index contributed by atoms with van der Waals surface area (Å²) >= 11 is 5.30. The zero-order valence-corrected chi connectivity index (χ0v) is 10.2. The monoisotopic (exact) mass is 576 g/mol. The first-order valence-electron chi connectivity index (χ1n) is 0.286. The van der Waals surface area contributed by atoms with E-state index in [4.69, 9.17) is 0 Å². The van der Waals surface area contributed by atoms with Crippen LogP contribution < -0.4 is 13.3 Å². The number of halogens is 3. The summed E-state index contributed by atoms with van der Waals surface area (Å²) in [4.78, 5) is 0. The third-order valence-corrected chi connectivity index (χ3v) is 0.